The van der Waals surface area contributed by atoms with E-state index in [-0.39, 0.29) is 0 Å². The maximum absolute atomic E-state index is 2.23. The highest BCUT2D eigenvalue weighted by Gasteiger charge is 1.99. The van der Waals surface area contributed by atoms with Crippen LogP contribution in [0.2, 0.25) is 0 Å². The van der Waals surface area contributed by atoms with E-state index in [2.05, 4.69) is 52.9 Å². The van der Waals surface area contributed by atoms with Gasteiger partial charge in [-0.1, -0.05) is 35.4 Å². The van der Waals surface area contributed by atoms with Gasteiger partial charge in [-0.05, 0) is 37.3 Å². The van der Waals surface area contributed by atoms with E-state index in [1.807, 2.05) is 11.8 Å². The van der Waals surface area contributed by atoms with Crippen LogP contribution in [0, 0.1) is 6.92 Å². The summed E-state index contributed by atoms with van der Waals surface area (Å²) in [7, 11) is 2.13. The standard InChI is InChI=1S/C11H15BS/c1-4-9(3)13-11-6-5-10(12)7-8(11)2/h4-7H,12H2,1-3H3/b9-4-. The van der Waals surface area contributed by atoms with Crippen molar-refractivity contribution >= 4 is 25.1 Å². The third kappa shape index (κ3) is 2.96. The van der Waals surface area contributed by atoms with Gasteiger partial charge in [0.05, 0.1) is 0 Å². The Morgan fingerprint density at radius 1 is 1.46 bits per heavy atom. The minimum absolute atomic E-state index is 1.33. The van der Waals surface area contributed by atoms with Crippen LogP contribution in [0.3, 0.4) is 0 Å². The van der Waals surface area contributed by atoms with E-state index in [1.54, 1.807) is 0 Å². The molecule has 0 radical (unpaired) electrons. The number of hydrogen-bond acceptors (Lipinski definition) is 1. The number of hydrogen-bond donors (Lipinski definition) is 0. The SMILES string of the molecule is Bc1ccc(S/C(C)=C\C)c(C)c1. The number of allylic oxidation sites excluding steroid dienone is 2. The van der Waals surface area contributed by atoms with Gasteiger partial charge in [-0.3, -0.25) is 0 Å². The Labute approximate surface area is 85.8 Å². The molecule has 0 N–H and O–H groups in total. The smallest absolute Gasteiger partial charge is 0.0949 e. The number of thioether (sulfide) groups is 1. The van der Waals surface area contributed by atoms with Crippen LogP contribution in [-0.2, 0) is 0 Å². The number of rotatable bonds is 2. The summed E-state index contributed by atoms with van der Waals surface area (Å²) in [5.41, 5.74) is 2.70. The van der Waals surface area contributed by atoms with E-state index in [4.69, 9.17) is 0 Å². The molecule has 2 heteroatoms. The van der Waals surface area contributed by atoms with Crippen LogP contribution >= 0.6 is 11.8 Å². The van der Waals surface area contributed by atoms with Gasteiger partial charge in [-0.25, -0.2) is 0 Å². The van der Waals surface area contributed by atoms with Gasteiger partial charge in [0.25, 0.3) is 0 Å². The molecule has 0 aliphatic rings. The molecule has 68 valence electrons. The van der Waals surface area contributed by atoms with Crippen molar-refractivity contribution in [1.82, 2.24) is 0 Å². The second-order valence-corrected chi connectivity index (χ2v) is 4.56. The summed E-state index contributed by atoms with van der Waals surface area (Å²) < 4.78 is 0. The van der Waals surface area contributed by atoms with Crippen molar-refractivity contribution in [3.8, 4) is 0 Å². The van der Waals surface area contributed by atoms with Crippen molar-refractivity contribution in [3.05, 3.63) is 34.7 Å². The minimum Gasteiger partial charge on any atom is -0.0949 e. The molecule has 0 heterocycles. The molecule has 0 fully saturated rings. The van der Waals surface area contributed by atoms with Crippen molar-refractivity contribution in [1.29, 1.82) is 0 Å². The van der Waals surface area contributed by atoms with Crippen molar-refractivity contribution in [2.75, 3.05) is 0 Å². The first-order chi connectivity index (χ1) is 6.13. The third-order valence-electron chi connectivity index (χ3n) is 2.01. The van der Waals surface area contributed by atoms with Gasteiger partial charge < -0.3 is 0 Å². The van der Waals surface area contributed by atoms with Crippen LogP contribution in [0.5, 0.6) is 0 Å². The molecule has 0 unspecified atom stereocenters. The van der Waals surface area contributed by atoms with Crippen LogP contribution in [0.4, 0.5) is 0 Å². The van der Waals surface area contributed by atoms with Crippen LogP contribution in [0.25, 0.3) is 0 Å². The Morgan fingerprint density at radius 3 is 2.69 bits per heavy atom. The molecule has 0 aliphatic carbocycles. The predicted octanol–water partition coefficient (Wildman–Crippen LogP) is 2.27. The van der Waals surface area contributed by atoms with E-state index in [0.717, 1.165) is 0 Å². The lowest BCUT2D eigenvalue weighted by molar-refractivity contribution is 1.32. The minimum atomic E-state index is 1.33. The molecule has 0 aliphatic heterocycles. The summed E-state index contributed by atoms with van der Waals surface area (Å²) in [6.45, 7) is 6.38. The average Bonchev–Trinajstić information content (AvgIpc) is 2.09. The summed E-state index contributed by atoms with van der Waals surface area (Å²) in [5.74, 6) is 0. The van der Waals surface area contributed by atoms with Gasteiger partial charge in [0.15, 0.2) is 0 Å². The number of aryl methyl sites for hydroxylation is 1. The van der Waals surface area contributed by atoms with E-state index in [9.17, 15) is 0 Å². The molecule has 0 saturated carbocycles. The fourth-order valence-electron chi connectivity index (χ4n) is 1.15. The molecule has 1 aromatic carbocycles. The average molecular weight is 190 g/mol. The zero-order chi connectivity index (χ0) is 9.84. The lowest BCUT2D eigenvalue weighted by atomic mass is 9.95. The first-order valence-corrected chi connectivity index (χ1v) is 5.33. The Bertz CT molecular complexity index is 329. The van der Waals surface area contributed by atoms with E-state index in [0.29, 0.717) is 0 Å². The molecular weight excluding hydrogens is 175 g/mol. The van der Waals surface area contributed by atoms with Crippen molar-refractivity contribution < 1.29 is 0 Å². The quantitative estimate of drug-likeness (QED) is 0.509. The lowest BCUT2D eigenvalue weighted by Crippen LogP contribution is -2.01. The molecule has 1 rings (SSSR count). The summed E-state index contributed by atoms with van der Waals surface area (Å²) >= 11 is 1.84. The van der Waals surface area contributed by atoms with Crippen molar-refractivity contribution in [3.63, 3.8) is 0 Å². The molecule has 1 aromatic rings. The van der Waals surface area contributed by atoms with Gasteiger partial charge in [0.1, 0.15) is 7.85 Å². The number of benzene rings is 1. The van der Waals surface area contributed by atoms with E-state index >= 15 is 0 Å². The maximum Gasteiger partial charge on any atom is 0.139 e. The monoisotopic (exact) mass is 190 g/mol. The van der Waals surface area contributed by atoms with Gasteiger partial charge in [-0.2, -0.15) is 0 Å². The van der Waals surface area contributed by atoms with Gasteiger partial charge in [-0.15, -0.1) is 0 Å². The zero-order valence-electron chi connectivity index (χ0n) is 8.72. The Morgan fingerprint density at radius 2 is 2.15 bits per heavy atom. The van der Waals surface area contributed by atoms with E-state index in [1.165, 1.54) is 20.8 Å². The summed E-state index contributed by atoms with van der Waals surface area (Å²) in [6.07, 6.45) is 2.14. The summed E-state index contributed by atoms with van der Waals surface area (Å²) in [4.78, 5) is 2.72. The highest BCUT2D eigenvalue weighted by molar-refractivity contribution is 8.03. The molecule has 0 nitrogen and oxygen atoms in total. The molecule has 0 atom stereocenters. The molecule has 0 aromatic heterocycles. The predicted molar refractivity (Wildman–Crippen MR) is 64.6 cm³/mol. The van der Waals surface area contributed by atoms with Crippen LogP contribution in [-0.4, -0.2) is 7.85 Å². The third-order valence-corrected chi connectivity index (χ3v) is 3.24. The first kappa shape index (κ1) is 10.5. The molecule has 13 heavy (non-hydrogen) atoms. The summed E-state index contributed by atoms with van der Waals surface area (Å²) in [6, 6.07) is 6.59. The summed E-state index contributed by atoms with van der Waals surface area (Å²) in [5, 5.41) is 0. The normalized spacial score (nSPS) is 11.8. The largest absolute Gasteiger partial charge is 0.139 e. The fourth-order valence-corrected chi connectivity index (χ4v) is 1.97. The molecule has 0 bridgehead atoms. The highest BCUT2D eigenvalue weighted by atomic mass is 32.2. The van der Waals surface area contributed by atoms with Gasteiger partial charge in [0, 0.05) is 4.90 Å². The first-order valence-electron chi connectivity index (χ1n) is 4.51. The van der Waals surface area contributed by atoms with Gasteiger partial charge in [0.2, 0.25) is 0 Å². The molecule has 0 spiro atoms. The Balaban J connectivity index is 2.90. The van der Waals surface area contributed by atoms with Crippen LogP contribution < -0.4 is 5.46 Å². The molecular formula is C11H15BS. The second-order valence-electron chi connectivity index (χ2n) is 3.27. The van der Waals surface area contributed by atoms with Crippen LogP contribution in [0.15, 0.2) is 34.1 Å². The Hall–Kier alpha value is -0.625. The lowest BCUT2D eigenvalue weighted by Gasteiger charge is -2.05. The molecule has 0 amide bonds. The van der Waals surface area contributed by atoms with Crippen molar-refractivity contribution in [2.24, 2.45) is 0 Å². The topological polar surface area (TPSA) is 0 Å². The Kier molecular flexibility index (Phi) is 3.67. The van der Waals surface area contributed by atoms with E-state index < -0.39 is 0 Å². The fraction of sp³-hybridized carbons (Fsp3) is 0.273. The zero-order valence-corrected chi connectivity index (χ0v) is 9.53. The highest BCUT2D eigenvalue weighted by Crippen LogP contribution is 2.27. The second kappa shape index (κ2) is 4.57. The maximum atomic E-state index is 2.23. The molecule has 0 saturated heterocycles. The van der Waals surface area contributed by atoms with Crippen LogP contribution in [0.1, 0.15) is 19.4 Å². The van der Waals surface area contributed by atoms with Gasteiger partial charge >= 0.3 is 0 Å². The van der Waals surface area contributed by atoms with Crippen molar-refractivity contribution in [2.45, 2.75) is 25.7 Å².